The molecule has 2 fully saturated rings. The van der Waals surface area contributed by atoms with E-state index in [1.165, 1.54) is 0 Å². The van der Waals surface area contributed by atoms with Crippen LogP contribution in [0.5, 0.6) is 0 Å². The van der Waals surface area contributed by atoms with Crippen molar-refractivity contribution >= 4 is 42.1 Å². The second-order valence-electron chi connectivity index (χ2n) is 9.62. The number of nitrogens with one attached hydrogen (secondary N) is 1. The third kappa shape index (κ3) is 4.94. The monoisotopic (exact) mass is 505 g/mol. The van der Waals surface area contributed by atoms with Crippen LogP contribution >= 0.6 is 13.5 Å². The quantitative estimate of drug-likeness (QED) is 0.566. The van der Waals surface area contributed by atoms with E-state index in [0.717, 1.165) is 50.9 Å². The summed E-state index contributed by atoms with van der Waals surface area (Å²) in [7, 11) is 4.09. The normalized spacial score (nSPS) is 17.8. The van der Waals surface area contributed by atoms with Gasteiger partial charge in [-0.1, -0.05) is 12.8 Å². The molecule has 0 radical (unpaired) electrons. The molecular formula is C26H31N7O2S. The van der Waals surface area contributed by atoms with Crippen molar-refractivity contribution in [2.24, 2.45) is 0 Å². The van der Waals surface area contributed by atoms with Crippen molar-refractivity contribution < 1.29 is 4.79 Å². The second-order valence-corrected chi connectivity index (χ2v) is 9.62. The van der Waals surface area contributed by atoms with Crippen LogP contribution in [0.1, 0.15) is 54.1 Å². The summed E-state index contributed by atoms with van der Waals surface area (Å²) in [4.78, 5) is 39.0. The zero-order valence-electron chi connectivity index (χ0n) is 20.6. The Morgan fingerprint density at radius 1 is 1.17 bits per heavy atom. The van der Waals surface area contributed by atoms with E-state index < -0.39 is 0 Å². The molecule has 1 N–H and O–H groups in total. The number of carbonyl (C=O) groups excluding carboxylic acids is 1. The number of pyridine rings is 1. The van der Waals surface area contributed by atoms with Crippen molar-refractivity contribution in [3.05, 3.63) is 58.0 Å². The third-order valence-corrected chi connectivity index (χ3v) is 7.15. The van der Waals surface area contributed by atoms with Gasteiger partial charge in [0.2, 0.25) is 5.95 Å². The Morgan fingerprint density at radius 3 is 2.53 bits per heavy atom. The number of nitrogens with zero attached hydrogens (tertiary/aromatic N) is 6. The highest BCUT2D eigenvalue weighted by molar-refractivity contribution is 7.59. The number of amides is 1. The smallest absolute Gasteiger partial charge is 0.270 e. The molecule has 1 aromatic carbocycles. The van der Waals surface area contributed by atoms with Gasteiger partial charge < -0.3 is 15.1 Å². The van der Waals surface area contributed by atoms with E-state index in [1.54, 1.807) is 16.8 Å². The van der Waals surface area contributed by atoms with E-state index in [-0.39, 0.29) is 36.6 Å². The van der Waals surface area contributed by atoms with Gasteiger partial charge >= 0.3 is 0 Å². The molecule has 0 unspecified atom stereocenters. The molecule has 9 nitrogen and oxygen atoms in total. The molecule has 36 heavy (non-hydrogen) atoms. The molecule has 1 aliphatic heterocycles. The highest BCUT2D eigenvalue weighted by Crippen LogP contribution is 2.31. The number of anilines is 2. The Bertz CT molecular complexity index is 1360. The molecule has 3 aromatic rings. The zero-order chi connectivity index (χ0) is 24.5. The first-order valence-corrected chi connectivity index (χ1v) is 12.1. The van der Waals surface area contributed by atoms with Crippen molar-refractivity contribution in [1.29, 1.82) is 5.26 Å². The lowest BCUT2D eigenvalue weighted by molar-refractivity contribution is 0.0783. The number of likely N-dealkylation sites (tertiary alicyclic amines) is 1. The highest BCUT2D eigenvalue weighted by Gasteiger charge is 2.28. The average Bonchev–Trinajstić information content (AvgIpc) is 3.57. The molecule has 1 saturated carbocycles. The summed E-state index contributed by atoms with van der Waals surface area (Å²) in [5.41, 5.74) is 1.75. The molecular weight excluding hydrogens is 474 g/mol. The summed E-state index contributed by atoms with van der Waals surface area (Å²) in [5, 5.41) is 13.3. The second kappa shape index (κ2) is 10.7. The maximum absolute atomic E-state index is 13.0. The van der Waals surface area contributed by atoms with Crippen LogP contribution in [0.25, 0.3) is 11.0 Å². The highest BCUT2D eigenvalue weighted by atomic mass is 32.1. The van der Waals surface area contributed by atoms with Crippen LogP contribution in [0.3, 0.4) is 0 Å². The van der Waals surface area contributed by atoms with E-state index in [9.17, 15) is 14.9 Å². The number of nitriles is 1. The van der Waals surface area contributed by atoms with E-state index >= 15 is 0 Å². The molecule has 3 heterocycles. The van der Waals surface area contributed by atoms with E-state index in [1.807, 2.05) is 49.3 Å². The molecule has 188 valence electrons. The van der Waals surface area contributed by atoms with Crippen LogP contribution < -0.4 is 10.9 Å². The van der Waals surface area contributed by atoms with Gasteiger partial charge in [-0.25, -0.2) is 4.98 Å². The maximum Gasteiger partial charge on any atom is 0.270 e. The number of carbonyl (C=O) groups is 1. The van der Waals surface area contributed by atoms with Gasteiger partial charge in [0.1, 0.15) is 17.3 Å². The van der Waals surface area contributed by atoms with Crippen LogP contribution in [-0.4, -0.2) is 63.5 Å². The fourth-order valence-corrected chi connectivity index (χ4v) is 5.12. The van der Waals surface area contributed by atoms with Crippen molar-refractivity contribution in [2.45, 2.75) is 44.2 Å². The number of aromatic nitrogens is 3. The van der Waals surface area contributed by atoms with Crippen molar-refractivity contribution in [3.8, 4) is 6.07 Å². The summed E-state index contributed by atoms with van der Waals surface area (Å²) >= 11 is 0. The van der Waals surface area contributed by atoms with Crippen LogP contribution in [-0.2, 0) is 0 Å². The summed E-state index contributed by atoms with van der Waals surface area (Å²) in [6, 6.07) is 11.3. The fourth-order valence-electron chi connectivity index (χ4n) is 5.12. The standard InChI is InChI=1S/C26H29N7O2.H2S/c1-31(2)22-11-12-32(16-22)24(34)17-7-9-20(10-8-17)29-26-28-15-19-13-18(14-27)25(35)33(23(19)30-26)21-5-3-4-6-21;/h7-10,13,15,21-22H,3-6,11-12,16H2,1-2H3,(H,28,29,30);1H2/t22-;/m0./s1. The first kappa shape index (κ1) is 25.7. The lowest BCUT2D eigenvalue weighted by Crippen LogP contribution is -2.34. The fraction of sp³-hybridized carbons (Fsp3) is 0.423. The number of fused-ring (bicyclic) bond motifs is 1. The van der Waals surface area contributed by atoms with Gasteiger partial charge in [-0.05, 0) is 63.7 Å². The van der Waals surface area contributed by atoms with Crippen molar-refractivity contribution in [1.82, 2.24) is 24.3 Å². The topological polar surface area (TPSA) is 107 Å². The molecule has 2 aromatic heterocycles. The summed E-state index contributed by atoms with van der Waals surface area (Å²) in [6.07, 6.45) is 6.55. The van der Waals surface area contributed by atoms with Crippen molar-refractivity contribution in [3.63, 3.8) is 0 Å². The van der Waals surface area contributed by atoms with Gasteiger partial charge in [-0.2, -0.15) is 23.7 Å². The first-order valence-electron chi connectivity index (χ1n) is 12.1. The zero-order valence-corrected chi connectivity index (χ0v) is 21.6. The van der Waals surface area contributed by atoms with Gasteiger partial charge in [-0.3, -0.25) is 14.2 Å². The molecule has 1 saturated heterocycles. The Hall–Kier alpha value is -3.42. The molecule has 0 spiro atoms. The van der Waals surface area contributed by atoms with Crippen LogP contribution in [0.4, 0.5) is 11.6 Å². The van der Waals surface area contributed by atoms with E-state index in [2.05, 4.69) is 20.2 Å². The summed E-state index contributed by atoms with van der Waals surface area (Å²) < 4.78 is 1.67. The average molecular weight is 506 g/mol. The number of benzene rings is 1. The molecule has 0 bridgehead atoms. The van der Waals surface area contributed by atoms with Crippen LogP contribution in [0.2, 0.25) is 0 Å². The SMILES string of the molecule is CN(C)[C@H]1CCN(C(=O)c2ccc(Nc3ncc4cc(C#N)c(=O)n(C5CCCC5)c4n3)cc2)C1.S. The van der Waals surface area contributed by atoms with Gasteiger partial charge in [-0.15, -0.1) is 0 Å². The number of rotatable bonds is 5. The van der Waals surface area contributed by atoms with E-state index in [4.69, 9.17) is 0 Å². The number of likely N-dealkylation sites (N-methyl/N-ethyl adjacent to an activating group) is 1. The van der Waals surface area contributed by atoms with Crippen molar-refractivity contribution in [2.75, 3.05) is 32.5 Å². The lowest BCUT2D eigenvalue weighted by Gasteiger charge is -2.20. The van der Waals surface area contributed by atoms with E-state index in [0.29, 0.717) is 28.6 Å². The Balaban J connectivity index is 0.00000304. The Labute approximate surface area is 217 Å². The Morgan fingerprint density at radius 2 is 1.89 bits per heavy atom. The summed E-state index contributed by atoms with van der Waals surface area (Å²) in [6.45, 7) is 1.51. The molecule has 1 atom stereocenters. The maximum atomic E-state index is 13.0. The van der Waals surface area contributed by atoms with Gasteiger partial charge in [0.15, 0.2) is 0 Å². The van der Waals surface area contributed by atoms with Gasteiger partial charge in [0.05, 0.1) is 0 Å². The Kier molecular flexibility index (Phi) is 7.62. The molecule has 2 aliphatic rings. The third-order valence-electron chi connectivity index (χ3n) is 7.15. The van der Waals surface area contributed by atoms with Crippen LogP contribution in [0, 0.1) is 11.3 Å². The van der Waals surface area contributed by atoms with Crippen LogP contribution in [0.15, 0.2) is 41.3 Å². The summed E-state index contributed by atoms with van der Waals surface area (Å²) in [5.74, 6) is 0.400. The minimum absolute atomic E-state index is 0. The minimum atomic E-state index is -0.294. The first-order chi connectivity index (χ1) is 16.9. The molecule has 1 aliphatic carbocycles. The molecule has 1 amide bonds. The molecule has 5 rings (SSSR count). The minimum Gasteiger partial charge on any atom is -0.337 e. The number of hydrogen-bond acceptors (Lipinski definition) is 7. The largest absolute Gasteiger partial charge is 0.337 e. The van der Waals surface area contributed by atoms with Gasteiger partial charge in [0, 0.05) is 48.0 Å². The predicted octanol–water partition coefficient (Wildman–Crippen LogP) is 3.41. The lowest BCUT2D eigenvalue weighted by atomic mass is 10.2. The van der Waals surface area contributed by atoms with Gasteiger partial charge in [0.25, 0.3) is 11.5 Å². The number of hydrogen-bond donors (Lipinski definition) is 1. The predicted molar refractivity (Wildman–Crippen MR) is 144 cm³/mol. The molecule has 10 heteroatoms.